The fourth-order valence-corrected chi connectivity index (χ4v) is 4.03. The number of phosphoric ester groups is 1. The van der Waals surface area contributed by atoms with Crippen molar-refractivity contribution in [1.29, 1.82) is 0 Å². The largest absolute Gasteiger partial charge is 0.481 e. The molecule has 27 heavy (non-hydrogen) atoms. The lowest BCUT2D eigenvalue weighted by atomic mass is 9.95. The Balaban J connectivity index is 1.94. The minimum atomic E-state index is -5.10. The number of aryl methyl sites for hydroxylation is 1. The van der Waals surface area contributed by atoms with Gasteiger partial charge in [0.1, 0.15) is 0 Å². The molecule has 2 aromatic rings. The maximum atomic E-state index is 11.4. The second-order valence-corrected chi connectivity index (χ2v) is 8.74. The van der Waals surface area contributed by atoms with E-state index in [1.165, 1.54) is 5.56 Å². The molecule has 0 aliphatic carbocycles. The third kappa shape index (κ3) is 7.91. The summed E-state index contributed by atoms with van der Waals surface area (Å²) in [6, 6.07) is 18.1. The molecule has 0 spiro atoms. The predicted octanol–water partition coefficient (Wildman–Crippen LogP) is 4.46. The van der Waals surface area contributed by atoms with Crippen molar-refractivity contribution < 1.29 is 32.6 Å². The molecule has 0 saturated carbocycles. The van der Waals surface area contributed by atoms with E-state index in [2.05, 4.69) is 33.1 Å². The summed E-state index contributed by atoms with van der Waals surface area (Å²) in [5.41, 5.74) is 4.37. The predicted molar refractivity (Wildman–Crippen MR) is 103 cm³/mol. The highest BCUT2D eigenvalue weighted by Gasteiger charge is 2.31. The Morgan fingerprint density at radius 2 is 1.63 bits per heavy atom. The van der Waals surface area contributed by atoms with E-state index in [1.807, 2.05) is 37.3 Å². The van der Waals surface area contributed by atoms with Crippen LogP contribution in [0.2, 0.25) is 0 Å². The van der Waals surface area contributed by atoms with Crippen molar-refractivity contribution >= 4 is 15.6 Å². The van der Waals surface area contributed by atoms with Crippen LogP contribution < -0.4 is 0 Å². The molecule has 0 heterocycles. The Labute approximate surface area is 158 Å². The fourth-order valence-electron chi connectivity index (χ4n) is 2.50. The minimum absolute atomic E-state index is 0.292. The van der Waals surface area contributed by atoms with Crippen LogP contribution in [-0.2, 0) is 24.4 Å². The Kier molecular flexibility index (Phi) is 7.71. The number of hydrogen-bond donors (Lipinski definition) is 3. The highest BCUT2D eigenvalue weighted by Crippen LogP contribution is 2.57. The Hall–Kier alpha value is -1.56. The van der Waals surface area contributed by atoms with Gasteiger partial charge in [-0.15, -0.1) is 0 Å². The van der Waals surface area contributed by atoms with E-state index in [-0.39, 0.29) is 6.61 Å². The maximum absolute atomic E-state index is 11.4. The molecule has 0 aliphatic heterocycles. The first-order valence-electron chi connectivity index (χ1n) is 8.19. The SMILES string of the molecule is C/C(=C\COP(=O)(O)OP(=O)(O)O)CCc1ccccc1-c1ccccc1. The summed E-state index contributed by atoms with van der Waals surface area (Å²) in [4.78, 5) is 26.3. The first-order chi connectivity index (χ1) is 12.7. The van der Waals surface area contributed by atoms with Crippen LogP contribution in [0.25, 0.3) is 11.1 Å². The van der Waals surface area contributed by atoms with Crippen molar-refractivity contribution in [2.45, 2.75) is 19.8 Å². The van der Waals surface area contributed by atoms with E-state index in [0.29, 0.717) is 6.42 Å². The molecule has 2 rings (SSSR count). The number of rotatable bonds is 9. The van der Waals surface area contributed by atoms with E-state index < -0.39 is 15.6 Å². The zero-order valence-corrected chi connectivity index (χ0v) is 16.6. The van der Waals surface area contributed by atoms with Gasteiger partial charge < -0.3 is 14.7 Å². The summed E-state index contributed by atoms with van der Waals surface area (Å²) in [5.74, 6) is 0. The average molecular weight is 412 g/mol. The van der Waals surface area contributed by atoms with E-state index in [1.54, 1.807) is 6.08 Å². The number of hydrogen-bond acceptors (Lipinski definition) is 4. The maximum Gasteiger partial charge on any atom is 0.481 e. The lowest BCUT2D eigenvalue weighted by Gasteiger charge is -2.12. The highest BCUT2D eigenvalue weighted by molar-refractivity contribution is 7.60. The summed E-state index contributed by atoms with van der Waals surface area (Å²) < 4.78 is 30.2. The molecule has 0 fully saturated rings. The van der Waals surface area contributed by atoms with Crippen molar-refractivity contribution in [2.24, 2.45) is 0 Å². The van der Waals surface area contributed by atoms with Gasteiger partial charge in [0, 0.05) is 0 Å². The standard InChI is InChI=1S/C18H22O7P2/c1-15(13-14-24-27(22,23)25-26(19,20)21)11-12-17-9-5-6-10-18(17)16-7-3-2-4-8-16/h2-10,13H,11-12,14H2,1H3,(H,22,23)(H2,19,20,21)/b15-13+. The van der Waals surface area contributed by atoms with Crippen molar-refractivity contribution in [1.82, 2.24) is 0 Å². The average Bonchev–Trinajstić information content (AvgIpc) is 2.59. The molecule has 0 bridgehead atoms. The summed E-state index contributed by atoms with van der Waals surface area (Å²) in [5, 5.41) is 0. The Morgan fingerprint density at radius 3 is 2.30 bits per heavy atom. The molecule has 0 amide bonds. The van der Waals surface area contributed by atoms with Gasteiger partial charge in [0.15, 0.2) is 0 Å². The zero-order chi connectivity index (χ0) is 19.9. The number of allylic oxidation sites excluding steroid dienone is 1. The molecule has 0 radical (unpaired) electrons. The summed E-state index contributed by atoms with van der Waals surface area (Å²) in [6.07, 6.45) is 3.04. The molecule has 7 nitrogen and oxygen atoms in total. The minimum Gasteiger partial charge on any atom is -0.302 e. The third-order valence-corrected chi connectivity index (χ3v) is 5.92. The second-order valence-electron chi connectivity index (χ2n) is 5.91. The van der Waals surface area contributed by atoms with Gasteiger partial charge in [-0.25, -0.2) is 9.13 Å². The number of phosphoric acid groups is 2. The van der Waals surface area contributed by atoms with Crippen LogP contribution >= 0.6 is 15.6 Å². The first kappa shape index (κ1) is 21.7. The van der Waals surface area contributed by atoms with Crippen molar-refractivity contribution in [3.8, 4) is 11.1 Å². The van der Waals surface area contributed by atoms with Crippen LogP contribution in [0.15, 0.2) is 66.2 Å². The third-order valence-electron chi connectivity index (χ3n) is 3.77. The number of benzene rings is 2. The molecule has 1 atom stereocenters. The summed E-state index contributed by atoms with van der Waals surface area (Å²) in [7, 11) is -9.90. The van der Waals surface area contributed by atoms with Crippen LogP contribution in [0.3, 0.4) is 0 Å². The van der Waals surface area contributed by atoms with Gasteiger partial charge in [0.05, 0.1) is 6.61 Å². The highest BCUT2D eigenvalue weighted by atomic mass is 31.3. The summed E-state index contributed by atoms with van der Waals surface area (Å²) >= 11 is 0. The van der Waals surface area contributed by atoms with Gasteiger partial charge in [-0.1, -0.05) is 66.2 Å². The zero-order valence-electron chi connectivity index (χ0n) is 14.8. The monoisotopic (exact) mass is 412 g/mol. The molecule has 9 heteroatoms. The van der Waals surface area contributed by atoms with Gasteiger partial charge in [0.2, 0.25) is 0 Å². The van der Waals surface area contributed by atoms with Crippen LogP contribution in [0.4, 0.5) is 0 Å². The second kappa shape index (κ2) is 9.58. The van der Waals surface area contributed by atoms with Crippen molar-refractivity contribution in [3.05, 3.63) is 71.8 Å². The van der Waals surface area contributed by atoms with Crippen LogP contribution in [-0.4, -0.2) is 21.3 Å². The van der Waals surface area contributed by atoms with Gasteiger partial charge >= 0.3 is 15.6 Å². The van der Waals surface area contributed by atoms with Crippen molar-refractivity contribution in [3.63, 3.8) is 0 Å². The normalized spacial score (nSPS) is 14.7. The molecule has 2 aromatic carbocycles. The smallest absolute Gasteiger partial charge is 0.302 e. The molecule has 0 aromatic heterocycles. The fraction of sp³-hybridized carbons (Fsp3) is 0.222. The summed E-state index contributed by atoms with van der Waals surface area (Å²) in [6.45, 7) is 1.56. The topological polar surface area (TPSA) is 113 Å². The molecule has 0 aliphatic rings. The Bertz CT molecular complexity index is 874. The van der Waals surface area contributed by atoms with Crippen molar-refractivity contribution in [2.75, 3.05) is 6.61 Å². The molecule has 146 valence electrons. The lowest BCUT2D eigenvalue weighted by Crippen LogP contribution is -1.96. The lowest BCUT2D eigenvalue weighted by molar-refractivity contribution is 0.191. The Morgan fingerprint density at radius 1 is 1.00 bits per heavy atom. The van der Waals surface area contributed by atoms with Gasteiger partial charge in [-0.05, 0) is 36.5 Å². The van der Waals surface area contributed by atoms with E-state index >= 15 is 0 Å². The van der Waals surface area contributed by atoms with Crippen LogP contribution in [0.5, 0.6) is 0 Å². The van der Waals surface area contributed by atoms with Gasteiger partial charge in [-0.2, -0.15) is 4.31 Å². The molecule has 1 unspecified atom stereocenters. The van der Waals surface area contributed by atoms with E-state index in [9.17, 15) is 14.0 Å². The van der Waals surface area contributed by atoms with Gasteiger partial charge in [0.25, 0.3) is 0 Å². The molecular weight excluding hydrogens is 390 g/mol. The van der Waals surface area contributed by atoms with Crippen LogP contribution in [0.1, 0.15) is 18.9 Å². The van der Waals surface area contributed by atoms with Crippen LogP contribution in [0, 0.1) is 0 Å². The quantitative estimate of drug-likeness (QED) is 0.412. The van der Waals surface area contributed by atoms with E-state index in [4.69, 9.17) is 9.79 Å². The first-order valence-corrected chi connectivity index (χ1v) is 11.2. The molecular formula is C18H22O7P2. The molecule has 3 N–H and O–H groups in total. The molecule has 0 saturated heterocycles. The van der Waals surface area contributed by atoms with E-state index in [0.717, 1.165) is 23.1 Å². The van der Waals surface area contributed by atoms with Gasteiger partial charge in [-0.3, -0.25) is 4.52 Å².